The number of aryl methyl sites for hydroxylation is 2. The van der Waals surface area contributed by atoms with E-state index < -0.39 is 0 Å². The fourth-order valence-corrected chi connectivity index (χ4v) is 5.69. The molecule has 3 heterocycles. The summed E-state index contributed by atoms with van der Waals surface area (Å²) in [4.78, 5) is 18.0. The molecule has 2 aliphatic rings. The number of quaternary nitrogens is 1. The highest BCUT2D eigenvalue weighted by Crippen LogP contribution is 2.31. The van der Waals surface area contributed by atoms with Crippen LogP contribution < -0.4 is 10.5 Å². The van der Waals surface area contributed by atoms with Crippen LogP contribution in [0.4, 0.5) is 0 Å². The third-order valence-corrected chi connectivity index (χ3v) is 7.55. The zero-order chi connectivity index (χ0) is 21.5. The van der Waals surface area contributed by atoms with E-state index in [2.05, 4.69) is 59.5 Å². The molecule has 1 unspecified atom stereocenters. The predicted octanol–water partition coefficient (Wildman–Crippen LogP) is 2.65. The fourth-order valence-electron chi connectivity index (χ4n) is 5.69. The topological polar surface area (TPSA) is 80.9 Å². The molecule has 1 aliphatic carbocycles. The zero-order valence-corrected chi connectivity index (χ0v) is 18.8. The van der Waals surface area contributed by atoms with Crippen LogP contribution in [0.5, 0.6) is 0 Å². The lowest BCUT2D eigenvalue weighted by molar-refractivity contribution is -0.934. The molecule has 2 fully saturated rings. The number of tetrazole rings is 1. The van der Waals surface area contributed by atoms with E-state index in [9.17, 15) is 4.79 Å². The van der Waals surface area contributed by atoms with E-state index >= 15 is 0 Å². The summed E-state index contributed by atoms with van der Waals surface area (Å²) in [6.45, 7) is 8.54. The van der Waals surface area contributed by atoms with Gasteiger partial charge in [-0.25, -0.2) is 4.68 Å². The number of fused-ring (bicyclic) bond motifs is 1. The fraction of sp³-hybridized carbons (Fsp3) is 0.583. The Hall–Kier alpha value is -2.54. The molecular weight excluding hydrogens is 388 g/mol. The minimum Gasteiger partial charge on any atom is -0.322 e. The minimum atomic E-state index is -0.145. The number of likely N-dealkylation sites (tertiary alicyclic amines) is 1. The van der Waals surface area contributed by atoms with E-state index in [0.717, 1.165) is 53.8 Å². The van der Waals surface area contributed by atoms with Gasteiger partial charge in [0.25, 0.3) is 5.56 Å². The molecule has 3 atom stereocenters. The normalized spacial score (nSPS) is 23.5. The number of hydrogen-bond acceptors (Lipinski definition) is 4. The van der Waals surface area contributed by atoms with Crippen molar-refractivity contribution >= 4 is 10.9 Å². The largest absolute Gasteiger partial charge is 0.322 e. The summed E-state index contributed by atoms with van der Waals surface area (Å²) in [7, 11) is 0. The average molecular weight is 422 g/mol. The summed E-state index contributed by atoms with van der Waals surface area (Å²) >= 11 is 0. The van der Waals surface area contributed by atoms with Gasteiger partial charge in [0, 0.05) is 5.92 Å². The molecule has 2 N–H and O–H groups in total. The molecule has 2 aromatic heterocycles. The van der Waals surface area contributed by atoms with Crippen LogP contribution in [0, 0.1) is 19.8 Å². The Labute approximate surface area is 182 Å². The highest BCUT2D eigenvalue weighted by Gasteiger charge is 2.38. The van der Waals surface area contributed by atoms with Crippen LogP contribution in [-0.2, 0) is 0 Å². The van der Waals surface area contributed by atoms with Gasteiger partial charge in [-0.1, -0.05) is 31.9 Å². The standard InChI is InChI=1S/C24H32N6O/c1-15-7-6-12-29(14-15)22(23-26-27-28-30(23)19-8-4-5-9-19)20-13-18-11-10-16(2)17(3)21(18)25-24(20)31/h10-11,13,15,19,22H,4-9,12,14H2,1-3H3,(H,25,31)/p+1/t15-,22+/m0/s1. The van der Waals surface area contributed by atoms with Gasteiger partial charge in [-0.15, -0.1) is 5.10 Å². The molecule has 1 aliphatic heterocycles. The molecular formula is C24H33N6O+. The van der Waals surface area contributed by atoms with Crippen LogP contribution in [0.15, 0.2) is 23.0 Å². The highest BCUT2D eigenvalue weighted by atomic mass is 16.1. The van der Waals surface area contributed by atoms with Crippen LogP contribution >= 0.6 is 0 Å². The van der Waals surface area contributed by atoms with Gasteiger partial charge in [0.2, 0.25) is 5.82 Å². The molecule has 0 bridgehead atoms. The Bertz CT molecular complexity index is 1140. The van der Waals surface area contributed by atoms with Crippen LogP contribution in [0.3, 0.4) is 0 Å². The first kappa shape index (κ1) is 20.4. The number of benzene rings is 1. The molecule has 0 spiro atoms. The zero-order valence-electron chi connectivity index (χ0n) is 18.8. The lowest BCUT2D eigenvalue weighted by atomic mass is 9.95. The third kappa shape index (κ3) is 3.69. The Kier molecular flexibility index (Phi) is 5.38. The second-order valence-corrected chi connectivity index (χ2v) is 9.74. The van der Waals surface area contributed by atoms with Crippen molar-refractivity contribution in [1.82, 2.24) is 25.2 Å². The summed E-state index contributed by atoms with van der Waals surface area (Å²) in [5.41, 5.74) is 4.03. The van der Waals surface area contributed by atoms with E-state index in [-0.39, 0.29) is 11.6 Å². The quantitative estimate of drug-likeness (QED) is 0.679. The molecule has 31 heavy (non-hydrogen) atoms. The third-order valence-electron chi connectivity index (χ3n) is 7.55. The van der Waals surface area contributed by atoms with Crippen molar-refractivity contribution in [3.8, 4) is 0 Å². The summed E-state index contributed by atoms with van der Waals surface area (Å²) in [5.74, 6) is 1.48. The first-order valence-electron chi connectivity index (χ1n) is 11.8. The second-order valence-electron chi connectivity index (χ2n) is 9.74. The number of aromatic amines is 1. The summed E-state index contributed by atoms with van der Waals surface area (Å²) in [5, 5.41) is 14.1. The molecule has 1 saturated carbocycles. The molecule has 3 aromatic rings. The van der Waals surface area contributed by atoms with Gasteiger partial charge in [0.05, 0.1) is 30.2 Å². The summed E-state index contributed by atoms with van der Waals surface area (Å²) in [6.07, 6.45) is 7.08. The van der Waals surface area contributed by atoms with Crippen LogP contribution in [-0.4, -0.2) is 38.3 Å². The van der Waals surface area contributed by atoms with Crippen molar-refractivity contribution in [3.05, 3.63) is 51.1 Å². The molecule has 7 nitrogen and oxygen atoms in total. The van der Waals surface area contributed by atoms with E-state index in [1.807, 2.05) is 4.68 Å². The van der Waals surface area contributed by atoms with E-state index in [4.69, 9.17) is 0 Å². The SMILES string of the molecule is Cc1ccc2cc([C@H](c3nnnn3C3CCCC3)[NH+]3CCC[C@H](C)C3)c(=O)[nH]c2c1C. The van der Waals surface area contributed by atoms with Crippen LogP contribution in [0.2, 0.25) is 0 Å². The molecule has 5 rings (SSSR count). The van der Waals surface area contributed by atoms with E-state index in [1.54, 1.807) is 0 Å². The van der Waals surface area contributed by atoms with Crippen molar-refractivity contribution in [2.45, 2.75) is 71.4 Å². The van der Waals surface area contributed by atoms with Crippen molar-refractivity contribution in [3.63, 3.8) is 0 Å². The Morgan fingerprint density at radius 3 is 2.74 bits per heavy atom. The van der Waals surface area contributed by atoms with Gasteiger partial charge in [-0.05, 0) is 72.5 Å². The monoisotopic (exact) mass is 421 g/mol. The number of hydrogen-bond donors (Lipinski definition) is 2. The summed E-state index contributed by atoms with van der Waals surface area (Å²) < 4.78 is 2.04. The van der Waals surface area contributed by atoms with E-state index in [1.165, 1.54) is 36.1 Å². The van der Waals surface area contributed by atoms with Crippen molar-refractivity contribution in [2.75, 3.05) is 13.1 Å². The van der Waals surface area contributed by atoms with Crippen LogP contribution in [0.25, 0.3) is 10.9 Å². The van der Waals surface area contributed by atoms with Gasteiger partial charge in [-0.2, -0.15) is 0 Å². The lowest BCUT2D eigenvalue weighted by Gasteiger charge is -2.33. The van der Waals surface area contributed by atoms with Crippen molar-refractivity contribution in [1.29, 1.82) is 0 Å². The maximum atomic E-state index is 13.4. The Morgan fingerprint density at radius 1 is 1.16 bits per heavy atom. The van der Waals surface area contributed by atoms with Gasteiger partial charge < -0.3 is 9.88 Å². The molecule has 164 valence electrons. The molecule has 1 aromatic carbocycles. The second kappa shape index (κ2) is 8.19. The number of aromatic nitrogens is 5. The summed E-state index contributed by atoms with van der Waals surface area (Å²) in [6, 6.07) is 6.53. The van der Waals surface area contributed by atoms with E-state index in [0.29, 0.717) is 12.0 Å². The van der Waals surface area contributed by atoms with Crippen molar-refractivity contribution < 1.29 is 4.90 Å². The smallest absolute Gasteiger partial charge is 0.258 e. The Balaban J connectivity index is 1.67. The van der Waals surface area contributed by atoms with Gasteiger partial charge in [0.1, 0.15) is 0 Å². The first-order chi connectivity index (χ1) is 15.0. The van der Waals surface area contributed by atoms with Gasteiger partial charge in [0.15, 0.2) is 6.04 Å². The Morgan fingerprint density at radius 2 is 1.97 bits per heavy atom. The molecule has 7 heteroatoms. The number of pyridine rings is 1. The minimum absolute atomic E-state index is 0.0158. The molecule has 0 amide bonds. The lowest BCUT2D eigenvalue weighted by Crippen LogP contribution is -3.14. The maximum Gasteiger partial charge on any atom is 0.258 e. The predicted molar refractivity (Wildman–Crippen MR) is 120 cm³/mol. The van der Waals surface area contributed by atoms with Crippen molar-refractivity contribution in [2.24, 2.45) is 5.92 Å². The first-order valence-corrected chi connectivity index (χ1v) is 11.8. The van der Waals surface area contributed by atoms with Gasteiger partial charge >= 0.3 is 0 Å². The number of H-pyrrole nitrogens is 1. The molecule has 0 radical (unpaired) electrons. The highest BCUT2D eigenvalue weighted by molar-refractivity contribution is 5.83. The number of nitrogens with one attached hydrogen (secondary N) is 2. The number of nitrogens with zero attached hydrogens (tertiary/aromatic N) is 4. The average Bonchev–Trinajstić information content (AvgIpc) is 3.44. The van der Waals surface area contributed by atoms with Gasteiger partial charge in [-0.3, -0.25) is 4.79 Å². The number of piperidine rings is 1. The maximum absolute atomic E-state index is 13.4. The number of rotatable bonds is 4. The molecule has 1 saturated heterocycles. The van der Waals surface area contributed by atoms with Crippen LogP contribution in [0.1, 0.15) is 80.0 Å².